The number of benzene rings is 1. The van der Waals surface area contributed by atoms with E-state index in [2.05, 4.69) is 15.1 Å². The van der Waals surface area contributed by atoms with E-state index in [4.69, 9.17) is 4.74 Å². The number of halogens is 1. The molecule has 0 atom stereocenters. The first-order valence-electron chi connectivity index (χ1n) is 10.2. The third kappa shape index (κ3) is 3.69. The SMILES string of the molecule is COc1cc(-c2cn(C)c(=O)c3[nH]ncc23)cc(F)c1C(=O)N1CCC(N(C)C)CC1. The summed E-state index contributed by atoms with van der Waals surface area (Å²) in [5.41, 5.74) is 1.16. The van der Waals surface area contributed by atoms with Crippen molar-refractivity contribution in [3.8, 4) is 16.9 Å². The number of hydrogen-bond donors (Lipinski definition) is 1. The maximum absolute atomic E-state index is 15.3. The number of carbonyl (C=O) groups is 1. The van der Waals surface area contributed by atoms with Crippen LogP contribution < -0.4 is 10.3 Å². The number of aromatic amines is 1. The maximum atomic E-state index is 15.3. The first-order valence-corrected chi connectivity index (χ1v) is 10.2. The maximum Gasteiger partial charge on any atom is 0.276 e. The van der Waals surface area contributed by atoms with Crippen molar-refractivity contribution in [1.82, 2.24) is 24.6 Å². The Hall–Kier alpha value is -3.20. The van der Waals surface area contributed by atoms with Crippen molar-refractivity contribution in [3.05, 3.63) is 46.3 Å². The van der Waals surface area contributed by atoms with Gasteiger partial charge in [0.05, 0.1) is 13.3 Å². The summed E-state index contributed by atoms with van der Waals surface area (Å²) < 4.78 is 22.1. The zero-order valence-electron chi connectivity index (χ0n) is 18.1. The minimum absolute atomic E-state index is 0.0668. The number of methoxy groups -OCH3 is 1. The minimum Gasteiger partial charge on any atom is -0.496 e. The van der Waals surface area contributed by atoms with E-state index < -0.39 is 5.82 Å². The third-order valence-corrected chi connectivity index (χ3v) is 6.07. The fourth-order valence-corrected chi connectivity index (χ4v) is 4.23. The van der Waals surface area contributed by atoms with E-state index in [9.17, 15) is 9.59 Å². The molecule has 1 aliphatic rings. The van der Waals surface area contributed by atoms with E-state index in [0.29, 0.717) is 41.2 Å². The van der Waals surface area contributed by atoms with Crippen molar-refractivity contribution in [3.63, 3.8) is 0 Å². The smallest absolute Gasteiger partial charge is 0.276 e. The zero-order valence-corrected chi connectivity index (χ0v) is 18.1. The monoisotopic (exact) mass is 427 g/mol. The summed E-state index contributed by atoms with van der Waals surface area (Å²) >= 11 is 0. The highest BCUT2D eigenvalue weighted by Gasteiger charge is 2.29. The van der Waals surface area contributed by atoms with Crippen molar-refractivity contribution < 1.29 is 13.9 Å². The lowest BCUT2D eigenvalue weighted by Gasteiger charge is -2.35. The summed E-state index contributed by atoms with van der Waals surface area (Å²) in [6.07, 6.45) is 4.85. The first kappa shape index (κ1) is 21.0. The van der Waals surface area contributed by atoms with Crippen LogP contribution in [-0.4, -0.2) is 70.8 Å². The molecule has 8 nitrogen and oxygen atoms in total. The molecular weight excluding hydrogens is 401 g/mol. The Morgan fingerprint density at radius 3 is 2.65 bits per heavy atom. The number of aromatic nitrogens is 3. The van der Waals surface area contributed by atoms with Crippen molar-refractivity contribution in [1.29, 1.82) is 0 Å². The molecule has 1 aromatic carbocycles. The van der Waals surface area contributed by atoms with E-state index in [0.717, 1.165) is 12.8 Å². The van der Waals surface area contributed by atoms with Crippen LogP contribution in [0.3, 0.4) is 0 Å². The molecule has 3 aromatic rings. The summed E-state index contributed by atoms with van der Waals surface area (Å²) in [6, 6.07) is 3.37. The Balaban J connectivity index is 1.72. The van der Waals surface area contributed by atoms with Crippen LogP contribution in [0.2, 0.25) is 0 Å². The van der Waals surface area contributed by atoms with E-state index in [-0.39, 0.29) is 22.8 Å². The van der Waals surface area contributed by atoms with E-state index in [1.54, 1.807) is 24.2 Å². The molecule has 1 amide bonds. The average molecular weight is 427 g/mol. The topological polar surface area (TPSA) is 83.5 Å². The number of nitrogens with zero attached hydrogens (tertiary/aromatic N) is 4. The van der Waals surface area contributed by atoms with Crippen LogP contribution in [0.15, 0.2) is 29.3 Å². The van der Waals surface area contributed by atoms with Gasteiger partial charge in [0.1, 0.15) is 22.6 Å². The molecule has 31 heavy (non-hydrogen) atoms. The summed E-state index contributed by atoms with van der Waals surface area (Å²) in [5, 5.41) is 7.22. The number of nitrogens with one attached hydrogen (secondary N) is 1. The van der Waals surface area contributed by atoms with Gasteiger partial charge in [-0.3, -0.25) is 14.7 Å². The zero-order chi connectivity index (χ0) is 22.3. The molecule has 0 unspecified atom stereocenters. The molecule has 1 fully saturated rings. The van der Waals surface area contributed by atoms with Gasteiger partial charge in [0.25, 0.3) is 11.5 Å². The van der Waals surface area contributed by atoms with Crippen molar-refractivity contribution in [2.45, 2.75) is 18.9 Å². The summed E-state index contributed by atoms with van der Waals surface area (Å²) in [7, 11) is 7.09. The molecule has 1 aliphatic heterocycles. The van der Waals surface area contributed by atoms with Gasteiger partial charge < -0.3 is 19.1 Å². The predicted molar refractivity (Wildman–Crippen MR) is 116 cm³/mol. The van der Waals surface area contributed by atoms with Crippen LogP contribution >= 0.6 is 0 Å². The molecule has 2 aromatic heterocycles. The van der Waals surface area contributed by atoms with Crippen molar-refractivity contribution >= 4 is 16.8 Å². The van der Waals surface area contributed by atoms with Gasteiger partial charge in [0, 0.05) is 43.3 Å². The number of carbonyl (C=O) groups excluding carboxylic acids is 1. The van der Waals surface area contributed by atoms with Crippen LogP contribution in [0.25, 0.3) is 22.0 Å². The highest BCUT2D eigenvalue weighted by atomic mass is 19.1. The molecule has 0 spiro atoms. The van der Waals surface area contributed by atoms with Crippen LogP contribution in [0.4, 0.5) is 4.39 Å². The highest BCUT2D eigenvalue weighted by Crippen LogP contribution is 2.33. The first-order chi connectivity index (χ1) is 14.8. The number of likely N-dealkylation sites (tertiary alicyclic amines) is 1. The fourth-order valence-electron chi connectivity index (χ4n) is 4.23. The Bertz CT molecular complexity index is 1190. The molecule has 0 aliphatic carbocycles. The molecule has 4 rings (SSSR count). The second-order valence-electron chi connectivity index (χ2n) is 8.14. The van der Waals surface area contributed by atoms with Crippen LogP contribution in [-0.2, 0) is 7.05 Å². The second kappa shape index (κ2) is 8.14. The second-order valence-corrected chi connectivity index (χ2v) is 8.14. The quantitative estimate of drug-likeness (QED) is 0.691. The lowest BCUT2D eigenvalue weighted by Crippen LogP contribution is -2.44. The summed E-state index contributed by atoms with van der Waals surface area (Å²) in [4.78, 5) is 29.2. The molecule has 0 bridgehead atoms. The largest absolute Gasteiger partial charge is 0.496 e. The Morgan fingerprint density at radius 2 is 2.00 bits per heavy atom. The van der Waals surface area contributed by atoms with Crippen LogP contribution in [0.1, 0.15) is 23.2 Å². The molecule has 1 N–H and O–H groups in total. The number of H-pyrrole nitrogens is 1. The van der Waals surface area contributed by atoms with Crippen LogP contribution in [0.5, 0.6) is 5.75 Å². The predicted octanol–water partition coefficient (Wildman–Crippen LogP) is 2.24. The third-order valence-electron chi connectivity index (χ3n) is 6.07. The molecule has 164 valence electrons. The van der Waals surface area contributed by atoms with Gasteiger partial charge >= 0.3 is 0 Å². The summed E-state index contributed by atoms with van der Waals surface area (Å²) in [6.45, 7) is 1.14. The van der Waals surface area contributed by atoms with Gasteiger partial charge in [-0.1, -0.05) is 0 Å². The van der Waals surface area contributed by atoms with Crippen LogP contribution in [0, 0.1) is 5.82 Å². The van der Waals surface area contributed by atoms with E-state index in [1.807, 2.05) is 14.1 Å². The van der Waals surface area contributed by atoms with Crippen molar-refractivity contribution in [2.75, 3.05) is 34.3 Å². The number of pyridine rings is 1. The summed E-state index contributed by atoms with van der Waals surface area (Å²) in [5.74, 6) is -0.855. The molecular formula is C22H26FN5O3. The minimum atomic E-state index is -0.653. The Morgan fingerprint density at radius 1 is 1.29 bits per heavy atom. The molecule has 0 saturated carbocycles. The standard InChI is InChI=1S/C22H26FN5O3/c1-26(2)14-5-7-28(8-6-14)21(29)19-17(23)9-13(10-18(19)31-4)16-12-27(3)22(30)20-15(16)11-24-25-20/h9-12,14H,5-8H2,1-4H3,(H,24,25). The number of fused-ring (bicyclic) bond motifs is 1. The lowest BCUT2D eigenvalue weighted by molar-refractivity contribution is 0.0655. The molecule has 9 heteroatoms. The Labute approximate surface area is 179 Å². The number of aryl methyl sites for hydroxylation is 1. The number of hydrogen-bond acceptors (Lipinski definition) is 5. The van der Waals surface area contributed by atoms with E-state index >= 15 is 4.39 Å². The fraction of sp³-hybridized carbons (Fsp3) is 0.409. The van der Waals surface area contributed by atoms with Gasteiger partial charge in [-0.05, 0) is 44.6 Å². The molecule has 0 radical (unpaired) electrons. The normalized spacial score (nSPS) is 15.1. The average Bonchev–Trinajstić information content (AvgIpc) is 3.25. The highest BCUT2D eigenvalue weighted by molar-refractivity contribution is 5.99. The molecule has 1 saturated heterocycles. The van der Waals surface area contributed by atoms with Gasteiger partial charge in [0.2, 0.25) is 0 Å². The number of piperidine rings is 1. The van der Waals surface area contributed by atoms with Gasteiger partial charge in [-0.15, -0.1) is 0 Å². The molecule has 3 heterocycles. The Kier molecular flexibility index (Phi) is 5.53. The van der Waals surface area contributed by atoms with E-state index in [1.165, 1.54) is 23.9 Å². The number of amides is 1. The van der Waals surface area contributed by atoms with Gasteiger partial charge in [0.15, 0.2) is 0 Å². The van der Waals surface area contributed by atoms with Gasteiger partial charge in [-0.25, -0.2) is 4.39 Å². The number of ether oxygens (including phenoxy) is 1. The van der Waals surface area contributed by atoms with Gasteiger partial charge in [-0.2, -0.15) is 5.10 Å². The van der Waals surface area contributed by atoms with Crippen molar-refractivity contribution in [2.24, 2.45) is 7.05 Å². The number of rotatable bonds is 4. The lowest BCUT2D eigenvalue weighted by atomic mass is 9.99.